The average molecular weight is 219 g/mol. The van der Waals surface area contributed by atoms with Crippen LogP contribution in [0.4, 0.5) is 0 Å². The van der Waals surface area contributed by atoms with E-state index in [-0.39, 0.29) is 0 Å². The fourth-order valence-electron chi connectivity index (χ4n) is 1.22. The van der Waals surface area contributed by atoms with Crippen LogP contribution >= 0.6 is 0 Å². The van der Waals surface area contributed by atoms with Gasteiger partial charge in [0.2, 0.25) is 0 Å². The first kappa shape index (κ1) is 7.63. The third-order valence-electron chi connectivity index (χ3n) is 1.78. The standard InChI is InChI=1S/C11H21NO3/c1-10(2,3)15-9(13)8-11(14)4-6-12-7-5-11/h12,14H,4-8H2,1-3H3/i4D,5D,6D,7D. The molecule has 1 saturated heterocycles. The van der Waals surface area contributed by atoms with E-state index in [0.29, 0.717) is 0 Å². The van der Waals surface area contributed by atoms with Crippen molar-refractivity contribution in [3.63, 3.8) is 0 Å². The Kier molecular flexibility index (Phi) is 2.28. The first-order chi connectivity index (χ1) is 8.47. The van der Waals surface area contributed by atoms with E-state index in [0.717, 1.165) is 0 Å². The third kappa shape index (κ3) is 4.62. The molecule has 4 unspecified atom stereocenters. The minimum Gasteiger partial charge on any atom is -0.460 e. The van der Waals surface area contributed by atoms with E-state index in [2.05, 4.69) is 5.32 Å². The molecule has 15 heavy (non-hydrogen) atoms. The summed E-state index contributed by atoms with van der Waals surface area (Å²) in [6.45, 7) is 2.60. The van der Waals surface area contributed by atoms with Crippen LogP contribution in [0.5, 0.6) is 0 Å². The molecule has 4 heteroatoms. The lowest BCUT2D eigenvalue weighted by atomic mass is 9.89. The van der Waals surface area contributed by atoms with Gasteiger partial charge in [0, 0.05) is 5.48 Å². The Balaban J connectivity index is 2.84. The van der Waals surface area contributed by atoms with E-state index in [4.69, 9.17) is 10.2 Å². The van der Waals surface area contributed by atoms with Crippen molar-refractivity contribution in [3.8, 4) is 0 Å². The normalized spacial score (nSPS) is 50.9. The summed E-state index contributed by atoms with van der Waals surface area (Å²) in [5.74, 6) is -0.731. The quantitative estimate of drug-likeness (QED) is 0.675. The van der Waals surface area contributed by atoms with Gasteiger partial charge in [0.05, 0.1) is 12.0 Å². The van der Waals surface area contributed by atoms with Gasteiger partial charge in [-0.3, -0.25) is 4.79 Å². The number of aliphatic hydroxyl groups is 1. The lowest BCUT2D eigenvalue weighted by molar-refractivity contribution is -0.161. The fraction of sp³-hybridized carbons (Fsp3) is 0.909. The topological polar surface area (TPSA) is 58.6 Å². The fourth-order valence-corrected chi connectivity index (χ4v) is 1.22. The Bertz CT molecular complexity index is 333. The van der Waals surface area contributed by atoms with Crippen molar-refractivity contribution in [3.05, 3.63) is 0 Å². The molecule has 0 radical (unpaired) electrons. The molecule has 0 aliphatic carbocycles. The molecule has 88 valence electrons. The van der Waals surface area contributed by atoms with Crippen LogP contribution in [0.25, 0.3) is 0 Å². The maximum atomic E-state index is 11.7. The second kappa shape index (κ2) is 4.49. The van der Waals surface area contributed by atoms with Crippen molar-refractivity contribution in [2.75, 3.05) is 13.0 Å². The van der Waals surface area contributed by atoms with E-state index in [1.165, 1.54) is 0 Å². The number of hydrogen-bond acceptors (Lipinski definition) is 4. The summed E-state index contributed by atoms with van der Waals surface area (Å²) in [4.78, 5) is 11.7. The number of esters is 1. The molecule has 2 N–H and O–H groups in total. The smallest absolute Gasteiger partial charge is 0.309 e. The van der Waals surface area contributed by atoms with Gasteiger partial charge in [-0.15, -0.1) is 0 Å². The number of carbonyl (C=O) groups excluding carboxylic acids is 1. The number of hydrogen-bond donors (Lipinski definition) is 2. The SMILES string of the molecule is [2H]C1NC([2H])C([2H])C(O)(CC(=O)OC(C)(C)C)C1[2H]. The van der Waals surface area contributed by atoms with Crippen LogP contribution in [0, 0.1) is 0 Å². The van der Waals surface area contributed by atoms with Crippen molar-refractivity contribution in [2.45, 2.75) is 51.2 Å². The van der Waals surface area contributed by atoms with Gasteiger partial charge in [0.1, 0.15) is 5.60 Å². The van der Waals surface area contributed by atoms with E-state index in [1.54, 1.807) is 20.8 Å². The van der Waals surface area contributed by atoms with Crippen LogP contribution in [0.15, 0.2) is 0 Å². The molecule has 4 atom stereocenters. The third-order valence-corrected chi connectivity index (χ3v) is 1.78. The second-order valence-corrected chi connectivity index (χ2v) is 4.59. The van der Waals surface area contributed by atoms with Crippen molar-refractivity contribution in [1.82, 2.24) is 5.32 Å². The Labute approximate surface area is 96.6 Å². The van der Waals surface area contributed by atoms with Crippen molar-refractivity contribution in [1.29, 1.82) is 0 Å². The molecule has 0 aromatic heterocycles. The van der Waals surface area contributed by atoms with Crippen LogP contribution in [-0.4, -0.2) is 35.3 Å². The van der Waals surface area contributed by atoms with Crippen molar-refractivity contribution >= 4 is 5.97 Å². The molecule has 0 aromatic rings. The Morgan fingerprint density at radius 3 is 2.53 bits per heavy atom. The highest BCUT2D eigenvalue weighted by Crippen LogP contribution is 2.23. The zero-order valence-electron chi connectivity index (χ0n) is 13.3. The lowest BCUT2D eigenvalue weighted by Crippen LogP contribution is -2.44. The summed E-state index contributed by atoms with van der Waals surface area (Å²) in [5, 5.41) is 12.8. The van der Waals surface area contributed by atoms with E-state index in [9.17, 15) is 9.90 Å². The summed E-state index contributed by atoms with van der Waals surface area (Å²) in [6, 6.07) is 0. The Morgan fingerprint density at radius 2 is 2.07 bits per heavy atom. The molecule has 4 nitrogen and oxygen atoms in total. The molecule has 0 spiro atoms. The van der Waals surface area contributed by atoms with E-state index in [1.807, 2.05) is 0 Å². The van der Waals surface area contributed by atoms with Crippen LogP contribution < -0.4 is 5.32 Å². The number of carbonyl (C=O) groups is 1. The molecule has 1 rings (SSSR count). The van der Waals surface area contributed by atoms with E-state index < -0.39 is 49.4 Å². The summed E-state index contributed by atoms with van der Waals surface area (Å²) >= 11 is 0. The molecular formula is C11H21NO3. The second-order valence-electron chi connectivity index (χ2n) is 4.59. The molecule has 0 aromatic carbocycles. The van der Waals surface area contributed by atoms with Crippen molar-refractivity contribution in [2.24, 2.45) is 0 Å². The molecule has 1 heterocycles. The first-order valence-corrected chi connectivity index (χ1v) is 4.86. The van der Waals surface area contributed by atoms with Gasteiger partial charge in [-0.1, -0.05) is 0 Å². The zero-order valence-corrected chi connectivity index (χ0v) is 9.28. The van der Waals surface area contributed by atoms with Gasteiger partial charge >= 0.3 is 5.97 Å². The van der Waals surface area contributed by atoms with Crippen LogP contribution in [0.1, 0.15) is 45.5 Å². The maximum Gasteiger partial charge on any atom is 0.309 e. The molecule has 1 aliphatic rings. The zero-order chi connectivity index (χ0) is 15.0. The van der Waals surface area contributed by atoms with E-state index >= 15 is 0 Å². The van der Waals surface area contributed by atoms with Gasteiger partial charge in [0.25, 0.3) is 0 Å². The monoisotopic (exact) mass is 219 g/mol. The summed E-state index contributed by atoms with van der Waals surface area (Å²) < 4.78 is 35.7. The van der Waals surface area contributed by atoms with Crippen LogP contribution in [0.3, 0.4) is 0 Å². The molecule has 0 saturated carbocycles. The highest BCUT2D eigenvalue weighted by molar-refractivity contribution is 5.71. The molecule has 1 aliphatic heterocycles. The minimum absolute atomic E-state index is 0.557. The van der Waals surface area contributed by atoms with Crippen LogP contribution in [0.2, 0.25) is 0 Å². The largest absolute Gasteiger partial charge is 0.460 e. The minimum atomic E-state index is -2.05. The number of ether oxygens (including phenoxy) is 1. The van der Waals surface area contributed by atoms with Gasteiger partial charge in [-0.05, 0) is 46.6 Å². The molecular weight excluding hydrogens is 194 g/mol. The summed E-state index contributed by atoms with van der Waals surface area (Å²) in [6.07, 6.45) is -3.33. The lowest BCUT2D eigenvalue weighted by Gasteiger charge is -2.32. The number of nitrogens with one attached hydrogen (secondary N) is 1. The Morgan fingerprint density at radius 1 is 1.53 bits per heavy atom. The van der Waals surface area contributed by atoms with Crippen LogP contribution in [-0.2, 0) is 9.53 Å². The Hall–Kier alpha value is -0.610. The van der Waals surface area contributed by atoms with Gasteiger partial charge < -0.3 is 15.2 Å². The number of rotatable bonds is 2. The first-order valence-electron chi connectivity index (χ1n) is 7.17. The summed E-state index contributed by atoms with van der Waals surface area (Å²) in [7, 11) is 0. The maximum absolute atomic E-state index is 11.7. The highest BCUT2D eigenvalue weighted by atomic mass is 16.6. The predicted octanol–water partition coefficient (Wildman–Crippen LogP) is 0.833. The molecule has 0 bridgehead atoms. The summed E-state index contributed by atoms with van der Waals surface area (Å²) in [5.41, 5.74) is -2.78. The number of piperidine rings is 1. The molecule has 0 amide bonds. The highest BCUT2D eigenvalue weighted by Gasteiger charge is 2.33. The van der Waals surface area contributed by atoms with Gasteiger partial charge in [0.15, 0.2) is 0 Å². The van der Waals surface area contributed by atoms with Gasteiger partial charge in [-0.25, -0.2) is 0 Å². The van der Waals surface area contributed by atoms with Crippen molar-refractivity contribution < 1.29 is 20.1 Å². The average Bonchev–Trinajstić information content (AvgIpc) is 2.21. The molecule has 1 fully saturated rings. The van der Waals surface area contributed by atoms with Gasteiger partial charge in [-0.2, -0.15) is 0 Å². The predicted molar refractivity (Wildman–Crippen MR) is 57.5 cm³/mol.